The molecule has 0 radical (unpaired) electrons. The van der Waals surface area contributed by atoms with Gasteiger partial charge in [-0.2, -0.15) is 0 Å². The summed E-state index contributed by atoms with van der Waals surface area (Å²) in [4.78, 5) is 11.5. The van der Waals surface area contributed by atoms with Crippen LogP contribution in [-0.2, 0) is 6.42 Å². The fourth-order valence-electron chi connectivity index (χ4n) is 1.93. The van der Waals surface area contributed by atoms with Gasteiger partial charge >= 0.3 is 6.03 Å². The van der Waals surface area contributed by atoms with Gasteiger partial charge in [-0.25, -0.2) is 4.79 Å². The number of urea groups is 1. The molecule has 5 heteroatoms. The number of hydrogen-bond acceptors (Lipinski definition) is 3. The van der Waals surface area contributed by atoms with Gasteiger partial charge in [-0.1, -0.05) is 0 Å². The SMILES string of the molecule is COc1cc(CCNC(=O)NC(C)C)c(OC)cc1C. The number of carbonyl (C=O) groups excluding carboxylic acids is 1. The van der Waals surface area contributed by atoms with E-state index in [1.165, 1.54) is 0 Å². The number of carbonyl (C=O) groups is 1. The molecule has 1 aromatic carbocycles. The molecule has 0 unspecified atom stereocenters. The molecule has 5 nitrogen and oxygen atoms in total. The van der Waals surface area contributed by atoms with Crippen LogP contribution < -0.4 is 20.1 Å². The zero-order valence-electron chi connectivity index (χ0n) is 12.9. The van der Waals surface area contributed by atoms with Gasteiger partial charge in [0.25, 0.3) is 0 Å². The first-order chi connectivity index (χ1) is 9.47. The lowest BCUT2D eigenvalue weighted by atomic mass is 10.1. The van der Waals surface area contributed by atoms with Crippen LogP contribution in [0.2, 0.25) is 0 Å². The number of nitrogens with one attached hydrogen (secondary N) is 2. The van der Waals surface area contributed by atoms with E-state index in [4.69, 9.17) is 9.47 Å². The molecule has 2 N–H and O–H groups in total. The second-order valence-electron chi connectivity index (χ2n) is 4.94. The van der Waals surface area contributed by atoms with Gasteiger partial charge in [-0.15, -0.1) is 0 Å². The standard InChI is InChI=1S/C15H24N2O3/c1-10(2)17-15(18)16-7-6-12-9-13(19-4)11(3)8-14(12)20-5/h8-10H,6-7H2,1-5H3,(H2,16,17,18). The van der Waals surface area contributed by atoms with Gasteiger partial charge in [0.2, 0.25) is 0 Å². The highest BCUT2D eigenvalue weighted by atomic mass is 16.5. The van der Waals surface area contributed by atoms with Crippen molar-refractivity contribution in [1.82, 2.24) is 10.6 Å². The van der Waals surface area contributed by atoms with Crippen LogP contribution in [0.15, 0.2) is 12.1 Å². The average molecular weight is 280 g/mol. The van der Waals surface area contributed by atoms with Crippen LogP contribution >= 0.6 is 0 Å². The van der Waals surface area contributed by atoms with Gasteiger partial charge in [0.05, 0.1) is 14.2 Å². The molecule has 0 aliphatic rings. The van der Waals surface area contributed by atoms with Crippen molar-refractivity contribution in [2.45, 2.75) is 33.2 Å². The summed E-state index contributed by atoms with van der Waals surface area (Å²) in [6, 6.07) is 3.88. The summed E-state index contributed by atoms with van der Waals surface area (Å²) in [7, 11) is 3.29. The minimum absolute atomic E-state index is 0.129. The molecule has 2 amide bonds. The summed E-state index contributed by atoms with van der Waals surface area (Å²) in [5.74, 6) is 1.64. The fourth-order valence-corrected chi connectivity index (χ4v) is 1.93. The number of methoxy groups -OCH3 is 2. The molecule has 0 heterocycles. The number of amides is 2. The van der Waals surface area contributed by atoms with E-state index in [1.807, 2.05) is 32.9 Å². The highest BCUT2D eigenvalue weighted by Gasteiger charge is 2.09. The summed E-state index contributed by atoms with van der Waals surface area (Å²) in [6.45, 7) is 6.36. The van der Waals surface area contributed by atoms with Crippen molar-refractivity contribution in [3.8, 4) is 11.5 Å². The van der Waals surface area contributed by atoms with Crippen LogP contribution in [0, 0.1) is 6.92 Å². The predicted octanol–water partition coefficient (Wildman–Crippen LogP) is 2.26. The van der Waals surface area contributed by atoms with Gasteiger partial charge < -0.3 is 20.1 Å². The van der Waals surface area contributed by atoms with Gasteiger partial charge in [-0.3, -0.25) is 0 Å². The minimum Gasteiger partial charge on any atom is -0.496 e. The third-order valence-corrected chi connectivity index (χ3v) is 2.90. The van der Waals surface area contributed by atoms with E-state index in [-0.39, 0.29) is 12.1 Å². The van der Waals surface area contributed by atoms with Crippen molar-refractivity contribution >= 4 is 6.03 Å². The van der Waals surface area contributed by atoms with Crippen LogP contribution in [0.1, 0.15) is 25.0 Å². The molecule has 0 aromatic heterocycles. The zero-order valence-corrected chi connectivity index (χ0v) is 12.9. The second-order valence-corrected chi connectivity index (χ2v) is 4.94. The maximum Gasteiger partial charge on any atom is 0.314 e. The van der Waals surface area contributed by atoms with Crippen molar-refractivity contribution in [3.63, 3.8) is 0 Å². The van der Waals surface area contributed by atoms with E-state index < -0.39 is 0 Å². The van der Waals surface area contributed by atoms with Crippen LogP contribution in [0.4, 0.5) is 4.79 Å². The Kier molecular flexibility index (Phi) is 6.15. The van der Waals surface area contributed by atoms with E-state index in [1.54, 1.807) is 14.2 Å². The summed E-state index contributed by atoms with van der Waals surface area (Å²) in [6.07, 6.45) is 0.686. The van der Waals surface area contributed by atoms with E-state index >= 15 is 0 Å². The van der Waals surface area contributed by atoms with Gasteiger partial charge in [-0.05, 0) is 50.5 Å². The zero-order chi connectivity index (χ0) is 15.1. The summed E-state index contributed by atoms with van der Waals surface area (Å²) >= 11 is 0. The van der Waals surface area contributed by atoms with E-state index in [2.05, 4.69) is 10.6 Å². The third kappa shape index (κ3) is 4.64. The lowest BCUT2D eigenvalue weighted by molar-refractivity contribution is 0.238. The lowest BCUT2D eigenvalue weighted by Crippen LogP contribution is -2.40. The highest BCUT2D eigenvalue weighted by Crippen LogP contribution is 2.28. The number of rotatable bonds is 6. The highest BCUT2D eigenvalue weighted by molar-refractivity contribution is 5.74. The molecule has 0 bridgehead atoms. The molecule has 0 saturated carbocycles. The summed E-state index contributed by atoms with van der Waals surface area (Å²) in [5.41, 5.74) is 2.04. The van der Waals surface area contributed by atoms with Crippen molar-refractivity contribution in [3.05, 3.63) is 23.3 Å². The first kappa shape index (κ1) is 16.1. The molecular formula is C15H24N2O3. The van der Waals surface area contributed by atoms with E-state index in [0.717, 1.165) is 22.6 Å². The number of aryl methyl sites for hydroxylation is 1. The average Bonchev–Trinajstić information content (AvgIpc) is 2.39. The van der Waals surface area contributed by atoms with Gasteiger partial charge in [0.15, 0.2) is 0 Å². The van der Waals surface area contributed by atoms with Crippen LogP contribution in [0.5, 0.6) is 11.5 Å². The molecule has 0 aliphatic carbocycles. The van der Waals surface area contributed by atoms with Crippen molar-refractivity contribution in [2.24, 2.45) is 0 Å². The van der Waals surface area contributed by atoms with Crippen molar-refractivity contribution < 1.29 is 14.3 Å². The molecule has 20 heavy (non-hydrogen) atoms. The monoisotopic (exact) mass is 280 g/mol. The number of ether oxygens (including phenoxy) is 2. The van der Waals surface area contributed by atoms with Crippen LogP contribution in [-0.4, -0.2) is 32.8 Å². The van der Waals surface area contributed by atoms with E-state index in [0.29, 0.717) is 13.0 Å². The number of benzene rings is 1. The Morgan fingerprint density at radius 1 is 1.20 bits per heavy atom. The Morgan fingerprint density at radius 2 is 1.85 bits per heavy atom. The molecule has 1 aromatic rings. The van der Waals surface area contributed by atoms with Gasteiger partial charge in [0, 0.05) is 12.6 Å². The molecule has 112 valence electrons. The maximum absolute atomic E-state index is 11.5. The molecule has 0 spiro atoms. The first-order valence-corrected chi connectivity index (χ1v) is 6.73. The Labute approximate surface area is 120 Å². The summed E-state index contributed by atoms with van der Waals surface area (Å²) < 4.78 is 10.7. The Hall–Kier alpha value is -1.91. The molecule has 0 aliphatic heterocycles. The Morgan fingerprint density at radius 3 is 2.40 bits per heavy atom. The molecule has 0 saturated heterocycles. The third-order valence-electron chi connectivity index (χ3n) is 2.90. The smallest absolute Gasteiger partial charge is 0.314 e. The molecule has 0 fully saturated rings. The molecule has 1 rings (SSSR count). The molecule has 0 atom stereocenters. The first-order valence-electron chi connectivity index (χ1n) is 6.73. The Bertz CT molecular complexity index is 459. The maximum atomic E-state index is 11.5. The quantitative estimate of drug-likeness (QED) is 0.840. The van der Waals surface area contributed by atoms with Crippen molar-refractivity contribution in [2.75, 3.05) is 20.8 Å². The molecular weight excluding hydrogens is 256 g/mol. The predicted molar refractivity (Wildman–Crippen MR) is 79.7 cm³/mol. The number of hydrogen-bond donors (Lipinski definition) is 2. The minimum atomic E-state index is -0.155. The normalized spacial score (nSPS) is 10.3. The topological polar surface area (TPSA) is 59.6 Å². The van der Waals surface area contributed by atoms with Crippen LogP contribution in [0.3, 0.4) is 0 Å². The van der Waals surface area contributed by atoms with Crippen LogP contribution in [0.25, 0.3) is 0 Å². The van der Waals surface area contributed by atoms with E-state index in [9.17, 15) is 4.79 Å². The Balaban J connectivity index is 2.65. The van der Waals surface area contributed by atoms with Crippen molar-refractivity contribution in [1.29, 1.82) is 0 Å². The van der Waals surface area contributed by atoms with Gasteiger partial charge in [0.1, 0.15) is 11.5 Å². The fraction of sp³-hybridized carbons (Fsp3) is 0.533. The summed E-state index contributed by atoms with van der Waals surface area (Å²) in [5, 5.41) is 5.60. The second kappa shape index (κ2) is 7.62. The largest absolute Gasteiger partial charge is 0.496 e. The lowest BCUT2D eigenvalue weighted by Gasteiger charge is -2.14.